The molecule has 0 fully saturated rings. The number of ether oxygens (including phenoxy) is 1. The highest BCUT2D eigenvalue weighted by atomic mass is 16.5. The van der Waals surface area contributed by atoms with Crippen molar-refractivity contribution < 1.29 is 9.15 Å². The lowest BCUT2D eigenvalue weighted by Crippen LogP contribution is -2.26. The first-order valence-electron chi connectivity index (χ1n) is 7.16. The Morgan fingerprint density at radius 3 is 2.77 bits per heavy atom. The van der Waals surface area contributed by atoms with Crippen molar-refractivity contribution in [3.05, 3.63) is 51.7 Å². The average molecular weight is 296 g/mol. The highest BCUT2D eigenvalue weighted by Crippen LogP contribution is 2.42. The van der Waals surface area contributed by atoms with Crippen molar-refractivity contribution >= 4 is 11.0 Å². The molecular formula is C17H16N2O3. The molecule has 0 aliphatic carbocycles. The summed E-state index contributed by atoms with van der Waals surface area (Å²) in [6, 6.07) is 9.21. The molecule has 112 valence electrons. The van der Waals surface area contributed by atoms with Crippen LogP contribution in [0, 0.1) is 17.2 Å². The molecule has 0 spiro atoms. The quantitative estimate of drug-likeness (QED) is 0.860. The molecule has 1 aromatic carbocycles. The lowest BCUT2D eigenvalue weighted by atomic mass is 9.83. The standard InChI is InChI=1S/C17H16N2O3/c1-9(2)7-11-12(8-18)16(19)22-15-10-5-3-4-6-13(10)21-17(20)14(11)15/h3-6,9,11H,7,19H2,1-2H3/t11-/m1/s1. The van der Waals surface area contributed by atoms with Crippen LogP contribution >= 0.6 is 0 Å². The van der Waals surface area contributed by atoms with Crippen LogP contribution < -0.4 is 16.1 Å². The number of rotatable bonds is 2. The number of nitrogens with zero attached hydrogens (tertiary/aromatic N) is 1. The summed E-state index contributed by atoms with van der Waals surface area (Å²) in [4.78, 5) is 12.4. The zero-order chi connectivity index (χ0) is 15.9. The Balaban J connectivity index is 2.33. The zero-order valence-electron chi connectivity index (χ0n) is 12.4. The number of fused-ring (bicyclic) bond motifs is 3. The topological polar surface area (TPSA) is 89.3 Å². The van der Waals surface area contributed by atoms with Crippen molar-refractivity contribution in [2.45, 2.75) is 26.2 Å². The molecule has 2 aromatic rings. The Labute approximate surface area is 127 Å². The molecule has 0 radical (unpaired) electrons. The van der Waals surface area contributed by atoms with Gasteiger partial charge in [-0.05, 0) is 24.5 Å². The Morgan fingerprint density at radius 2 is 2.09 bits per heavy atom. The van der Waals surface area contributed by atoms with Crippen LogP contribution in [0.5, 0.6) is 5.75 Å². The molecule has 0 saturated carbocycles. The van der Waals surface area contributed by atoms with E-state index in [-0.39, 0.29) is 11.8 Å². The van der Waals surface area contributed by atoms with Gasteiger partial charge in [-0.2, -0.15) is 5.26 Å². The van der Waals surface area contributed by atoms with E-state index in [0.29, 0.717) is 34.3 Å². The van der Waals surface area contributed by atoms with Crippen molar-refractivity contribution in [1.82, 2.24) is 0 Å². The first-order chi connectivity index (χ1) is 10.5. The third-order valence-corrected chi connectivity index (χ3v) is 3.80. The van der Waals surface area contributed by atoms with E-state index in [0.717, 1.165) is 0 Å². The van der Waals surface area contributed by atoms with Crippen LogP contribution in [0.2, 0.25) is 0 Å². The van der Waals surface area contributed by atoms with Gasteiger partial charge in [0.1, 0.15) is 11.7 Å². The Kier molecular flexibility index (Phi) is 3.38. The van der Waals surface area contributed by atoms with E-state index in [9.17, 15) is 10.1 Å². The minimum atomic E-state index is -0.473. The van der Waals surface area contributed by atoms with Crippen molar-refractivity contribution in [3.63, 3.8) is 0 Å². The molecule has 5 heteroatoms. The number of nitrogens with two attached hydrogens (primary N) is 1. The molecule has 1 aliphatic heterocycles. The highest BCUT2D eigenvalue weighted by Gasteiger charge is 2.34. The summed E-state index contributed by atoms with van der Waals surface area (Å²) in [5.41, 5.74) is 6.57. The second-order valence-electron chi connectivity index (χ2n) is 5.80. The predicted molar refractivity (Wildman–Crippen MR) is 82.1 cm³/mol. The number of allylic oxidation sites excluding steroid dienone is 1. The smallest absolute Gasteiger partial charge is 0.343 e. The minimum Gasteiger partial charge on any atom is -0.439 e. The van der Waals surface area contributed by atoms with Gasteiger partial charge in [0.25, 0.3) is 0 Å². The number of hydrogen-bond acceptors (Lipinski definition) is 5. The summed E-state index contributed by atoms with van der Waals surface area (Å²) in [7, 11) is 0. The maximum absolute atomic E-state index is 12.4. The number of nitriles is 1. The van der Waals surface area contributed by atoms with E-state index in [2.05, 4.69) is 6.07 Å². The highest BCUT2D eigenvalue weighted by molar-refractivity contribution is 5.85. The number of hydrogen-bond donors (Lipinski definition) is 1. The van der Waals surface area contributed by atoms with Crippen molar-refractivity contribution in [2.75, 3.05) is 0 Å². The first-order valence-corrected chi connectivity index (χ1v) is 7.16. The summed E-state index contributed by atoms with van der Waals surface area (Å²) in [5.74, 6) is 0.373. The SMILES string of the molecule is CC(C)C[C@@H]1C(C#N)=C(N)Oc2c1c(=O)oc1ccccc21. The molecule has 1 aromatic heterocycles. The molecule has 3 rings (SSSR count). The van der Waals surface area contributed by atoms with Crippen LogP contribution in [0.25, 0.3) is 11.0 Å². The third-order valence-electron chi connectivity index (χ3n) is 3.80. The van der Waals surface area contributed by atoms with E-state index < -0.39 is 11.5 Å². The van der Waals surface area contributed by atoms with Gasteiger partial charge >= 0.3 is 5.63 Å². The second kappa shape index (κ2) is 5.23. The maximum atomic E-state index is 12.4. The third kappa shape index (κ3) is 2.13. The predicted octanol–water partition coefficient (Wildman–Crippen LogP) is 3.01. The summed E-state index contributed by atoms with van der Waals surface area (Å²) < 4.78 is 11.0. The molecule has 0 amide bonds. The van der Waals surface area contributed by atoms with Gasteiger partial charge in [-0.15, -0.1) is 0 Å². The van der Waals surface area contributed by atoms with Crippen LogP contribution in [0.3, 0.4) is 0 Å². The molecule has 1 atom stereocenters. The molecule has 1 aliphatic rings. The maximum Gasteiger partial charge on any atom is 0.343 e. The molecule has 5 nitrogen and oxygen atoms in total. The van der Waals surface area contributed by atoms with Crippen LogP contribution in [-0.4, -0.2) is 0 Å². The van der Waals surface area contributed by atoms with Crippen LogP contribution in [-0.2, 0) is 0 Å². The lowest BCUT2D eigenvalue weighted by molar-refractivity contribution is 0.370. The van der Waals surface area contributed by atoms with Gasteiger partial charge in [-0.3, -0.25) is 0 Å². The van der Waals surface area contributed by atoms with Gasteiger partial charge in [0, 0.05) is 5.92 Å². The number of benzene rings is 1. The van der Waals surface area contributed by atoms with E-state index in [4.69, 9.17) is 14.9 Å². The molecule has 22 heavy (non-hydrogen) atoms. The van der Waals surface area contributed by atoms with Crippen molar-refractivity contribution in [3.8, 4) is 11.8 Å². The van der Waals surface area contributed by atoms with Gasteiger partial charge in [0.15, 0.2) is 5.75 Å². The van der Waals surface area contributed by atoms with Crippen molar-refractivity contribution in [2.24, 2.45) is 11.7 Å². The van der Waals surface area contributed by atoms with Gasteiger partial charge in [0.05, 0.1) is 16.5 Å². The minimum absolute atomic E-state index is 0.0661. The normalized spacial score (nSPS) is 17.3. The average Bonchev–Trinajstić information content (AvgIpc) is 2.46. The summed E-state index contributed by atoms with van der Waals surface area (Å²) in [5, 5.41) is 10.1. The van der Waals surface area contributed by atoms with E-state index in [1.54, 1.807) is 12.1 Å². The number of para-hydroxylation sites is 1. The monoisotopic (exact) mass is 296 g/mol. The second-order valence-corrected chi connectivity index (χ2v) is 5.80. The largest absolute Gasteiger partial charge is 0.439 e. The van der Waals surface area contributed by atoms with Gasteiger partial charge < -0.3 is 14.9 Å². The molecule has 2 heterocycles. The lowest BCUT2D eigenvalue weighted by Gasteiger charge is -2.26. The fraction of sp³-hybridized carbons (Fsp3) is 0.294. The molecule has 0 bridgehead atoms. The van der Waals surface area contributed by atoms with Crippen molar-refractivity contribution in [1.29, 1.82) is 5.26 Å². The van der Waals surface area contributed by atoms with E-state index in [1.165, 1.54) is 0 Å². The van der Waals surface area contributed by atoms with Gasteiger partial charge in [-0.1, -0.05) is 26.0 Å². The molecule has 0 unspecified atom stereocenters. The summed E-state index contributed by atoms with van der Waals surface area (Å²) in [6.45, 7) is 4.06. The van der Waals surface area contributed by atoms with Crippen LogP contribution in [0.4, 0.5) is 0 Å². The zero-order valence-corrected chi connectivity index (χ0v) is 12.4. The van der Waals surface area contributed by atoms with Gasteiger partial charge in [-0.25, -0.2) is 4.79 Å². The fourth-order valence-electron chi connectivity index (χ4n) is 2.87. The Morgan fingerprint density at radius 1 is 1.36 bits per heavy atom. The molecule has 2 N–H and O–H groups in total. The van der Waals surface area contributed by atoms with Gasteiger partial charge in [0.2, 0.25) is 5.88 Å². The molecule has 0 saturated heterocycles. The Bertz CT molecular complexity index is 872. The van der Waals surface area contributed by atoms with Crippen LogP contribution in [0.1, 0.15) is 31.7 Å². The van der Waals surface area contributed by atoms with E-state index in [1.807, 2.05) is 26.0 Å². The molecular weight excluding hydrogens is 280 g/mol. The van der Waals surface area contributed by atoms with Crippen LogP contribution in [0.15, 0.2) is 44.9 Å². The first kappa shape index (κ1) is 14.2. The summed E-state index contributed by atoms with van der Waals surface area (Å²) in [6.07, 6.45) is 0.628. The summed E-state index contributed by atoms with van der Waals surface area (Å²) >= 11 is 0. The van der Waals surface area contributed by atoms with E-state index >= 15 is 0 Å². The fourth-order valence-corrected chi connectivity index (χ4v) is 2.87. The Hall–Kier alpha value is -2.74.